The van der Waals surface area contributed by atoms with Crippen LogP contribution in [0, 0.1) is 12.8 Å². The fraction of sp³-hybridized carbons (Fsp3) is 0.500. The molecule has 1 aromatic heterocycles. The highest BCUT2D eigenvalue weighted by molar-refractivity contribution is 5.83. The summed E-state index contributed by atoms with van der Waals surface area (Å²) in [7, 11) is 0. The first-order valence-corrected chi connectivity index (χ1v) is 6.83. The summed E-state index contributed by atoms with van der Waals surface area (Å²) in [6, 6.07) is 6.44. The number of aryl methyl sites for hydroxylation is 1. The fourth-order valence-electron chi connectivity index (χ4n) is 2.33. The van der Waals surface area contributed by atoms with Gasteiger partial charge in [-0.15, -0.1) is 0 Å². The van der Waals surface area contributed by atoms with Crippen LogP contribution >= 0.6 is 0 Å². The summed E-state index contributed by atoms with van der Waals surface area (Å²) >= 11 is 0. The summed E-state index contributed by atoms with van der Waals surface area (Å²) in [6.45, 7) is 10.6. The third-order valence-electron chi connectivity index (χ3n) is 3.18. The largest absolute Gasteiger partial charge is 0.459 e. The lowest BCUT2D eigenvalue weighted by atomic mass is 9.99. The second-order valence-electron chi connectivity index (χ2n) is 5.38. The first-order chi connectivity index (χ1) is 8.61. The molecule has 0 saturated heterocycles. The van der Waals surface area contributed by atoms with Crippen molar-refractivity contribution in [3.63, 3.8) is 0 Å². The van der Waals surface area contributed by atoms with Crippen molar-refractivity contribution in [2.24, 2.45) is 5.92 Å². The monoisotopic (exact) mass is 245 g/mol. The molecule has 0 saturated carbocycles. The number of fused-ring (bicyclic) bond motifs is 1. The van der Waals surface area contributed by atoms with Gasteiger partial charge in [-0.05, 0) is 37.9 Å². The van der Waals surface area contributed by atoms with E-state index in [1.54, 1.807) is 0 Å². The molecule has 0 aliphatic heterocycles. The maximum absolute atomic E-state index is 5.99. The molecule has 0 fully saturated rings. The highest BCUT2D eigenvalue weighted by atomic mass is 16.3. The summed E-state index contributed by atoms with van der Waals surface area (Å²) in [4.78, 5) is 0. The molecular weight excluding hydrogens is 222 g/mol. The van der Waals surface area contributed by atoms with Crippen LogP contribution in [0.4, 0.5) is 0 Å². The first-order valence-electron chi connectivity index (χ1n) is 6.83. The van der Waals surface area contributed by atoms with E-state index in [-0.39, 0.29) is 0 Å². The molecule has 2 heteroatoms. The zero-order valence-corrected chi connectivity index (χ0v) is 11.8. The van der Waals surface area contributed by atoms with Gasteiger partial charge in [0.1, 0.15) is 11.3 Å². The van der Waals surface area contributed by atoms with E-state index >= 15 is 0 Å². The first kappa shape index (κ1) is 13.2. The Morgan fingerprint density at radius 3 is 2.72 bits per heavy atom. The molecule has 2 aromatic rings. The average molecular weight is 245 g/mol. The fourth-order valence-corrected chi connectivity index (χ4v) is 2.33. The standard InChI is InChI=1S/C16H23NO/c1-5-17-10-16-13(8-11(2)3)14-9-12(4)6-7-15(14)18-16/h6-7,9,11,17H,5,8,10H2,1-4H3. The topological polar surface area (TPSA) is 25.2 Å². The maximum Gasteiger partial charge on any atom is 0.134 e. The van der Waals surface area contributed by atoms with Gasteiger partial charge >= 0.3 is 0 Å². The van der Waals surface area contributed by atoms with Crippen molar-refractivity contribution in [1.29, 1.82) is 0 Å². The van der Waals surface area contributed by atoms with Crippen molar-refractivity contribution in [2.45, 2.75) is 40.7 Å². The molecule has 0 aliphatic carbocycles. The Balaban J connectivity index is 2.47. The quantitative estimate of drug-likeness (QED) is 0.859. The van der Waals surface area contributed by atoms with Crippen LogP contribution < -0.4 is 5.32 Å². The minimum Gasteiger partial charge on any atom is -0.459 e. The van der Waals surface area contributed by atoms with Gasteiger partial charge in [-0.3, -0.25) is 0 Å². The van der Waals surface area contributed by atoms with E-state index in [2.05, 4.69) is 51.2 Å². The molecule has 1 aromatic carbocycles. The number of nitrogens with one attached hydrogen (secondary N) is 1. The van der Waals surface area contributed by atoms with Crippen molar-refractivity contribution in [3.05, 3.63) is 35.1 Å². The van der Waals surface area contributed by atoms with Crippen LogP contribution in [0.25, 0.3) is 11.0 Å². The van der Waals surface area contributed by atoms with E-state index < -0.39 is 0 Å². The van der Waals surface area contributed by atoms with Crippen molar-refractivity contribution in [2.75, 3.05) is 6.54 Å². The molecular formula is C16H23NO. The number of hydrogen-bond acceptors (Lipinski definition) is 2. The highest BCUT2D eigenvalue weighted by Gasteiger charge is 2.14. The number of furan rings is 1. The van der Waals surface area contributed by atoms with Crippen LogP contribution in [0.3, 0.4) is 0 Å². The lowest BCUT2D eigenvalue weighted by Crippen LogP contribution is -2.12. The molecule has 1 heterocycles. The molecule has 0 bridgehead atoms. The van der Waals surface area contributed by atoms with Crippen molar-refractivity contribution in [1.82, 2.24) is 5.32 Å². The van der Waals surface area contributed by atoms with Crippen molar-refractivity contribution < 1.29 is 4.42 Å². The highest BCUT2D eigenvalue weighted by Crippen LogP contribution is 2.29. The summed E-state index contributed by atoms with van der Waals surface area (Å²) in [5, 5.41) is 4.65. The van der Waals surface area contributed by atoms with Crippen LogP contribution in [-0.2, 0) is 13.0 Å². The molecule has 0 atom stereocenters. The normalized spacial score (nSPS) is 11.6. The van der Waals surface area contributed by atoms with Crippen LogP contribution in [-0.4, -0.2) is 6.54 Å². The molecule has 0 radical (unpaired) electrons. The number of rotatable bonds is 5. The predicted molar refractivity (Wildman–Crippen MR) is 76.9 cm³/mol. The molecule has 2 rings (SSSR count). The van der Waals surface area contributed by atoms with Gasteiger partial charge in [0.15, 0.2) is 0 Å². The minimum absolute atomic E-state index is 0.645. The van der Waals surface area contributed by atoms with E-state index in [4.69, 9.17) is 4.42 Å². The molecule has 0 amide bonds. The molecule has 0 unspecified atom stereocenters. The molecule has 0 aliphatic rings. The van der Waals surface area contributed by atoms with Gasteiger partial charge in [-0.2, -0.15) is 0 Å². The minimum atomic E-state index is 0.645. The van der Waals surface area contributed by atoms with Gasteiger partial charge in [-0.25, -0.2) is 0 Å². The molecule has 0 spiro atoms. The number of hydrogen-bond donors (Lipinski definition) is 1. The summed E-state index contributed by atoms with van der Waals surface area (Å²) < 4.78 is 5.99. The van der Waals surface area contributed by atoms with Crippen LogP contribution in [0.15, 0.2) is 22.6 Å². The summed E-state index contributed by atoms with van der Waals surface area (Å²) in [6.07, 6.45) is 1.08. The smallest absolute Gasteiger partial charge is 0.134 e. The van der Waals surface area contributed by atoms with E-state index in [0.717, 1.165) is 30.9 Å². The van der Waals surface area contributed by atoms with E-state index in [9.17, 15) is 0 Å². The Morgan fingerprint density at radius 2 is 2.06 bits per heavy atom. The van der Waals surface area contributed by atoms with Crippen LogP contribution in [0.5, 0.6) is 0 Å². The molecule has 2 nitrogen and oxygen atoms in total. The maximum atomic E-state index is 5.99. The molecule has 18 heavy (non-hydrogen) atoms. The Bertz CT molecular complexity index is 525. The van der Waals surface area contributed by atoms with E-state index in [1.165, 1.54) is 16.5 Å². The zero-order chi connectivity index (χ0) is 13.1. The summed E-state index contributed by atoms with van der Waals surface area (Å²) in [5.74, 6) is 1.75. The Kier molecular flexibility index (Phi) is 4.07. The second kappa shape index (κ2) is 5.57. The van der Waals surface area contributed by atoms with E-state index in [0.29, 0.717) is 5.92 Å². The SMILES string of the molecule is CCNCc1oc2ccc(C)cc2c1CC(C)C. The van der Waals surface area contributed by atoms with Gasteiger partial charge < -0.3 is 9.73 Å². The number of benzene rings is 1. The third-order valence-corrected chi connectivity index (χ3v) is 3.18. The van der Waals surface area contributed by atoms with Crippen LogP contribution in [0.2, 0.25) is 0 Å². The Morgan fingerprint density at radius 1 is 1.28 bits per heavy atom. The van der Waals surface area contributed by atoms with Gasteiger partial charge in [0.25, 0.3) is 0 Å². The lowest BCUT2D eigenvalue weighted by Gasteiger charge is -2.06. The summed E-state index contributed by atoms with van der Waals surface area (Å²) in [5.41, 5.74) is 3.69. The lowest BCUT2D eigenvalue weighted by molar-refractivity contribution is 0.506. The molecule has 98 valence electrons. The van der Waals surface area contributed by atoms with Crippen molar-refractivity contribution in [3.8, 4) is 0 Å². The van der Waals surface area contributed by atoms with Crippen molar-refractivity contribution >= 4 is 11.0 Å². The average Bonchev–Trinajstić information content (AvgIpc) is 2.64. The molecule has 1 N–H and O–H groups in total. The van der Waals surface area contributed by atoms with Crippen LogP contribution in [0.1, 0.15) is 37.7 Å². The van der Waals surface area contributed by atoms with Gasteiger partial charge in [-0.1, -0.05) is 32.4 Å². The Hall–Kier alpha value is -1.28. The second-order valence-corrected chi connectivity index (χ2v) is 5.38. The van der Waals surface area contributed by atoms with Gasteiger partial charge in [0, 0.05) is 10.9 Å². The zero-order valence-electron chi connectivity index (χ0n) is 11.8. The third kappa shape index (κ3) is 2.75. The predicted octanol–water partition coefficient (Wildman–Crippen LogP) is 4.05. The van der Waals surface area contributed by atoms with Gasteiger partial charge in [0.2, 0.25) is 0 Å². The van der Waals surface area contributed by atoms with E-state index in [1.807, 2.05) is 0 Å². The Labute approximate surface area is 109 Å². The van der Waals surface area contributed by atoms with Gasteiger partial charge in [0.05, 0.1) is 6.54 Å².